The lowest BCUT2D eigenvalue weighted by Gasteiger charge is -2.41. The Morgan fingerprint density at radius 2 is 1.91 bits per heavy atom. The first kappa shape index (κ1) is 21.6. The van der Waals surface area contributed by atoms with Crippen LogP contribution < -0.4 is 15.0 Å². The van der Waals surface area contributed by atoms with Crippen LogP contribution in [0.1, 0.15) is 35.6 Å². The number of aromatic nitrogens is 1. The number of hydrogen-bond acceptors (Lipinski definition) is 4. The molecule has 2 aromatic carbocycles. The summed E-state index contributed by atoms with van der Waals surface area (Å²) in [7, 11) is 1.61. The van der Waals surface area contributed by atoms with Gasteiger partial charge < -0.3 is 15.0 Å². The predicted molar refractivity (Wildman–Crippen MR) is 123 cm³/mol. The second kappa shape index (κ2) is 9.64. The average molecular weight is 430 g/mol. The van der Waals surface area contributed by atoms with E-state index in [2.05, 4.69) is 10.3 Å². The molecule has 6 heteroatoms. The molecule has 32 heavy (non-hydrogen) atoms. The van der Waals surface area contributed by atoms with Crippen LogP contribution in [0, 0.1) is 12.8 Å². The van der Waals surface area contributed by atoms with Gasteiger partial charge >= 0.3 is 0 Å². The number of carbonyl (C=O) groups excluding carboxylic acids is 2. The van der Waals surface area contributed by atoms with E-state index >= 15 is 0 Å². The fourth-order valence-electron chi connectivity index (χ4n) is 4.27. The highest BCUT2D eigenvalue weighted by Crippen LogP contribution is 2.43. The summed E-state index contributed by atoms with van der Waals surface area (Å²) in [5, 5.41) is 3.04. The van der Waals surface area contributed by atoms with Gasteiger partial charge in [-0.3, -0.25) is 14.6 Å². The summed E-state index contributed by atoms with van der Waals surface area (Å²) < 4.78 is 5.62. The minimum atomic E-state index is -0.469. The van der Waals surface area contributed by atoms with Crippen molar-refractivity contribution < 1.29 is 14.3 Å². The third kappa shape index (κ3) is 4.49. The molecule has 6 nitrogen and oxygen atoms in total. The van der Waals surface area contributed by atoms with Crippen LogP contribution in [0.2, 0.25) is 0 Å². The maximum atomic E-state index is 13.4. The van der Waals surface area contributed by atoms with Gasteiger partial charge in [0, 0.05) is 36.6 Å². The molecule has 2 heterocycles. The van der Waals surface area contributed by atoms with E-state index in [-0.39, 0.29) is 11.8 Å². The van der Waals surface area contributed by atoms with Crippen molar-refractivity contribution in [3.8, 4) is 5.75 Å². The molecule has 1 fully saturated rings. The highest BCUT2D eigenvalue weighted by atomic mass is 16.5. The van der Waals surface area contributed by atoms with Crippen molar-refractivity contribution in [2.75, 3.05) is 12.0 Å². The molecule has 0 radical (unpaired) electrons. The minimum absolute atomic E-state index is 0.000989. The highest BCUT2D eigenvalue weighted by molar-refractivity contribution is 5.97. The van der Waals surface area contributed by atoms with Crippen LogP contribution in [0.4, 0.5) is 5.69 Å². The van der Waals surface area contributed by atoms with Gasteiger partial charge in [0.1, 0.15) is 5.75 Å². The van der Waals surface area contributed by atoms with Crippen molar-refractivity contribution >= 4 is 17.5 Å². The summed E-state index contributed by atoms with van der Waals surface area (Å²) in [5.41, 5.74) is 3.64. The number of carbonyl (C=O) groups is 2. The summed E-state index contributed by atoms with van der Waals surface area (Å²) in [6.07, 6.45) is 4.23. The van der Waals surface area contributed by atoms with Gasteiger partial charge in [0.05, 0.1) is 19.1 Å². The van der Waals surface area contributed by atoms with E-state index in [1.807, 2.05) is 67.6 Å². The standard InChI is InChI=1S/C26H27N3O3/c1-18-9-11-20(12-10-18)29-24(30)14-13-22(25(29)21-7-3-4-8-23(21)32-2)26(31)28-17-19-6-5-15-27-16-19/h3-12,15-16,22,25H,13-14,17H2,1-2H3,(H,28,31). The van der Waals surface area contributed by atoms with Gasteiger partial charge in [-0.1, -0.05) is 42.0 Å². The van der Waals surface area contributed by atoms with E-state index in [1.54, 1.807) is 24.4 Å². The second-order valence-corrected chi connectivity index (χ2v) is 8.01. The normalized spacial score (nSPS) is 18.3. The number of ether oxygens (including phenoxy) is 1. The van der Waals surface area contributed by atoms with Crippen LogP contribution in [0.15, 0.2) is 73.1 Å². The predicted octanol–water partition coefficient (Wildman–Crippen LogP) is 4.20. The molecule has 1 aromatic heterocycles. The minimum Gasteiger partial charge on any atom is -0.496 e. The Kier molecular flexibility index (Phi) is 6.50. The summed E-state index contributed by atoms with van der Waals surface area (Å²) in [6.45, 7) is 2.40. The number of benzene rings is 2. The molecule has 1 aliphatic heterocycles. The average Bonchev–Trinajstić information content (AvgIpc) is 2.83. The van der Waals surface area contributed by atoms with Gasteiger partial charge in [-0.2, -0.15) is 0 Å². The largest absolute Gasteiger partial charge is 0.496 e. The van der Waals surface area contributed by atoms with Gasteiger partial charge in [0.15, 0.2) is 0 Å². The number of aryl methyl sites for hydroxylation is 1. The molecule has 1 saturated heterocycles. The van der Waals surface area contributed by atoms with Crippen LogP contribution in [0.3, 0.4) is 0 Å². The third-order valence-electron chi connectivity index (χ3n) is 5.89. The number of methoxy groups -OCH3 is 1. The summed E-state index contributed by atoms with van der Waals surface area (Å²) >= 11 is 0. The highest BCUT2D eigenvalue weighted by Gasteiger charge is 2.42. The van der Waals surface area contributed by atoms with Crippen LogP contribution >= 0.6 is 0 Å². The number of anilines is 1. The van der Waals surface area contributed by atoms with E-state index in [0.717, 1.165) is 22.4 Å². The number of amides is 2. The molecule has 2 unspecified atom stereocenters. The van der Waals surface area contributed by atoms with E-state index < -0.39 is 12.0 Å². The van der Waals surface area contributed by atoms with E-state index in [1.165, 1.54) is 0 Å². The molecule has 3 aromatic rings. The van der Waals surface area contributed by atoms with Crippen LogP contribution in [0.25, 0.3) is 0 Å². The third-order valence-corrected chi connectivity index (χ3v) is 5.89. The monoisotopic (exact) mass is 429 g/mol. The van der Waals surface area contributed by atoms with E-state index in [0.29, 0.717) is 25.1 Å². The zero-order valence-electron chi connectivity index (χ0n) is 18.3. The lowest BCUT2D eigenvalue weighted by molar-refractivity contribution is -0.129. The molecular weight excluding hydrogens is 402 g/mol. The number of nitrogens with zero attached hydrogens (tertiary/aromatic N) is 2. The fourth-order valence-corrected chi connectivity index (χ4v) is 4.27. The maximum Gasteiger partial charge on any atom is 0.227 e. The Morgan fingerprint density at radius 1 is 1.12 bits per heavy atom. The van der Waals surface area contributed by atoms with E-state index in [9.17, 15) is 9.59 Å². The Labute approximate surface area is 188 Å². The zero-order chi connectivity index (χ0) is 22.5. The number of para-hydroxylation sites is 1. The Bertz CT molecular complexity index is 1080. The zero-order valence-corrected chi connectivity index (χ0v) is 18.3. The lowest BCUT2D eigenvalue weighted by atomic mass is 9.82. The topological polar surface area (TPSA) is 71.5 Å². The SMILES string of the molecule is COc1ccccc1C1C(C(=O)NCc2cccnc2)CCC(=O)N1c1ccc(C)cc1. The number of nitrogens with one attached hydrogen (secondary N) is 1. The maximum absolute atomic E-state index is 13.4. The number of pyridine rings is 1. The second-order valence-electron chi connectivity index (χ2n) is 8.01. The van der Waals surface area contributed by atoms with E-state index in [4.69, 9.17) is 4.74 Å². The molecule has 1 aliphatic rings. The first-order valence-electron chi connectivity index (χ1n) is 10.8. The van der Waals surface area contributed by atoms with Crippen molar-refractivity contribution in [3.05, 3.63) is 89.7 Å². The van der Waals surface area contributed by atoms with Crippen LogP contribution in [-0.2, 0) is 16.1 Å². The van der Waals surface area contributed by atoms with Crippen molar-refractivity contribution in [2.24, 2.45) is 5.92 Å². The lowest BCUT2D eigenvalue weighted by Crippen LogP contribution is -2.48. The van der Waals surface area contributed by atoms with Gasteiger partial charge in [-0.15, -0.1) is 0 Å². The summed E-state index contributed by atoms with van der Waals surface area (Å²) in [5.74, 6) is 0.159. The molecule has 2 amide bonds. The van der Waals surface area contributed by atoms with Gasteiger partial charge in [0.2, 0.25) is 11.8 Å². The van der Waals surface area contributed by atoms with Crippen LogP contribution in [-0.4, -0.2) is 23.9 Å². The molecule has 0 spiro atoms. The van der Waals surface area contributed by atoms with Crippen molar-refractivity contribution in [1.82, 2.24) is 10.3 Å². The molecule has 0 saturated carbocycles. The molecule has 4 rings (SSSR count). The molecule has 1 N–H and O–H groups in total. The summed E-state index contributed by atoms with van der Waals surface area (Å²) in [6, 6.07) is 18.7. The molecule has 0 bridgehead atoms. The molecule has 164 valence electrons. The van der Waals surface area contributed by atoms with Crippen LogP contribution in [0.5, 0.6) is 5.75 Å². The summed E-state index contributed by atoms with van der Waals surface area (Å²) in [4.78, 5) is 32.4. The number of hydrogen-bond donors (Lipinski definition) is 1. The smallest absolute Gasteiger partial charge is 0.227 e. The first-order chi connectivity index (χ1) is 15.6. The Hall–Kier alpha value is -3.67. The van der Waals surface area contributed by atoms with Gasteiger partial charge in [0.25, 0.3) is 0 Å². The van der Waals surface area contributed by atoms with Crippen molar-refractivity contribution in [3.63, 3.8) is 0 Å². The number of piperidine rings is 1. The van der Waals surface area contributed by atoms with Gasteiger partial charge in [-0.25, -0.2) is 0 Å². The molecular formula is C26H27N3O3. The Balaban J connectivity index is 1.71. The first-order valence-corrected chi connectivity index (χ1v) is 10.8. The molecule has 2 atom stereocenters. The Morgan fingerprint density at radius 3 is 2.62 bits per heavy atom. The number of rotatable bonds is 6. The fraction of sp³-hybridized carbons (Fsp3) is 0.269. The van der Waals surface area contributed by atoms with Crippen molar-refractivity contribution in [2.45, 2.75) is 32.4 Å². The van der Waals surface area contributed by atoms with Crippen molar-refractivity contribution in [1.29, 1.82) is 0 Å². The molecule has 0 aliphatic carbocycles. The quantitative estimate of drug-likeness (QED) is 0.638. The van der Waals surface area contributed by atoms with Gasteiger partial charge in [-0.05, 0) is 43.2 Å².